The van der Waals surface area contributed by atoms with Gasteiger partial charge >= 0.3 is 0 Å². The van der Waals surface area contributed by atoms with Gasteiger partial charge in [-0.25, -0.2) is 4.68 Å². The van der Waals surface area contributed by atoms with Crippen LogP contribution in [0.2, 0.25) is 5.02 Å². The number of benzene rings is 2. The molecule has 0 radical (unpaired) electrons. The summed E-state index contributed by atoms with van der Waals surface area (Å²) in [5, 5.41) is 8.64. The summed E-state index contributed by atoms with van der Waals surface area (Å²) >= 11 is 6.30. The van der Waals surface area contributed by atoms with Gasteiger partial charge < -0.3 is 15.0 Å². The topological polar surface area (TPSA) is 59.4 Å². The van der Waals surface area contributed by atoms with Gasteiger partial charge in [-0.2, -0.15) is 5.10 Å². The molecule has 0 saturated carbocycles. The number of aromatic nitrogens is 2. The number of nitrogens with zero attached hydrogens (tertiary/aromatic N) is 3. The molecule has 1 unspecified atom stereocenters. The zero-order chi connectivity index (χ0) is 19.1. The quantitative estimate of drug-likeness (QED) is 0.742. The number of aryl methyl sites for hydroxylation is 1. The lowest BCUT2D eigenvalue weighted by molar-refractivity contribution is 0.0735. The number of para-hydroxylation sites is 1. The molecule has 0 bridgehead atoms. The van der Waals surface area contributed by atoms with Gasteiger partial charge in [0.1, 0.15) is 11.9 Å². The van der Waals surface area contributed by atoms with Crippen LogP contribution in [0.4, 0.5) is 5.69 Å². The number of halogens is 1. The molecule has 0 saturated heterocycles. The summed E-state index contributed by atoms with van der Waals surface area (Å²) in [5.41, 5.74) is 3.89. The maximum Gasteiger partial charge on any atom is 0.257 e. The summed E-state index contributed by atoms with van der Waals surface area (Å²) in [4.78, 5) is 14.6. The number of amides is 1. The molecule has 1 atom stereocenters. The van der Waals surface area contributed by atoms with Gasteiger partial charge in [-0.15, -0.1) is 0 Å². The van der Waals surface area contributed by atoms with Crippen molar-refractivity contribution in [2.45, 2.75) is 13.1 Å². The molecule has 1 N–H and O–H groups in total. The molecule has 1 aliphatic rings. The Morgan fingerprint density at radius 2 is 2.00 bits per heavy atom. The van der Waals surface area contributed by atoms with Crippen molar-refractivity contribution in [3.05, 3.63) is 70.5 Å². The number of hydrogen-bond acceptors (Lipinski definition) is 4. The highest BCUT2D eigenvalue weighted by Crippen LogP contribution is 2.35. The maximum atomic E-state index is 12.9. The Morgan fingerprint density at radius 3 is 2.74 bits per heavy atom. The number of fused-ring (bicyclic) bond motifs is 1. The van der Waals surface area contributed by atoms with Crippen molar-refractivity contribution < 1.29 is 9.53 Å². The van der Waals surface area contributed by atoms with E-state index < -0.39 is 0 Å². The Morgan fingerprint density at radius 1 is 1.22 bits per heavy atom. The van der Waals surface area contributed by atoms with E-state index in [2.05, 4.69) is 10.4 Å². The van der Waals surface area contributed by atoms with Crippen LogP contribution in [0.3, 0.4) is 0 Å². The number of nitrogens with one attached hydrogen (secondary N) is 1. The molecule has 1 amide bonds. The number of hydrogen-bond donors (Lipinski definition) is 1. The molecule has 7 heteroatoms. The minimum Gasteiger partial charge on any atom is -0.497 e. The number of carbonyl (C=O) groups excluding carboxylic acids is 1. The highest BCUT2D eigenvalue weighted by atomic mass is 35.5. The molecule has 0 spiro atoms. The number of anilines is 1. The highest BCUT2D eigenvalue weighted by molar-refractivity contribution is 6.32. The van der Waals surface area contributed by atoms with Crippen LogP contribution in [0.25, 0.3) is 5.69 Å². The second-order valence-electron chi connectivity index (χ2n) is 6.44. The summed E-state index contributed by atoms with van der Waals surface area (Å²) in [5.74, 6) is 0.580. The molecule has 138 valence electrons. The molecule has 3 aromatic rings. The van der Waals surface area contributed by atoms with Crippen molar-refractivity contribution >= 4 is 23.2 Å². The third kappa shape index (κ3) is 2.92. The lowest BCUT2D eigenvalue weighted by Gasteiger charge is -2.35. The zero-order valence-electron chi connectivity index (χ0n) is 15.2. The molecule has 1 aliphatic heterocycles. The van der Waals surface area contributed by atoms with Crippen LogP contribution in [0.15, 0.2) is 48.7 Å². The van der Waals surface area contributed by atoms with Gasteiger partial charge in [0.2, 0.25) is 0 Å². The van der Waals surface area contributed by atoms with Crippen molar-refractivity contribution in [1.29, 1.82) is 0 Å². The first-order chi connectivity index (χ1) is 13.0. The third-order valence-corrected chi connectivity index (χ3v) is 5.11. The maximum absolute atomic E-state index is 12.9. The van der Waals surface area contributed by atoms with Crippen molar-refractivity contribution in [2.75, 3.05) is 19.5 Å². The van der Waals surface area contributed by atoms with E-state index >= 15 is 0 Å². The Kier molecular flexibility index (Phi) is 4.28. The van der Waals surface area contributed by atoms with Crippen LogP contribution in [-0.4, -0.2) is 34.7 Å². The average molecular weight is 383 g/mol. The summed E-state index contributed by atoms with van der Waals surface area (Å²) < 4.78 is 6.98. The summed E-state index contributed by atoms with van der Waals surface area (Å²) in [6.45, 7) is 1.92. The van der Waals surface area contributed by atoms with Crippen molar-refractivity contribution in [3.8, 4) is 11.4 Å². The van der Waals surface area contributed by atoms with Crippen LogP contribution < -0.4 is 10.1 Å². The van der Waals surface area contributed by atoms with E-state index in [1.54, 1.807) is 29.8 Å². The molecule has 27 heavy (non-hydrogen) atoms. The third-order valence-electron chi connectivity index (χ3n) is 4.79. The Hall–Kier alpha value is -2.99. The predicted molar refractivity (Wildman–Crippen MR) is 105 cm³/mol. The monoisotopic (exact) mass is 382 g/mol. The molecule has 1 aromatic heterocycles. The first-order valence-corrected chi connectivity index (χ1v) is 8.90. The molecular formula is C20H19ClN4O2. The number of carbonyl (C=O) groups is 1. The predicted octanol–water partition coefficient (Wildman–Crippen LogP) is 4.04. The lowest BCUT2D eigenvalue weighted by atomic mass is 10.0. The molecule has 2 aromatic carbocycles. The van der Waals surface area contributed by atoms with E-state index in [9.17, 15) is 4.79 Å². The smallest absolute Gasteiger partial charge is 0.257 e. The largest absolute Gasteiger partial charge is 0.497 e. The van der Waals surface area contributed by atoms with E-state index in [0.29, 0.717) is 16.3 Å². The normalized spacial score (nSPS) is 16.1. The van der Waals surface area contributed by atoms with Gasteiger partial charge in [-0.1, -0.05) is 23.7 Å². The average Bonchev–Trinajstić information content (AvgIpc) is 3.06. The Bertz CT molecular complexity index is 1030. The van der Waals surface area contributed by atoms with Crippen LogP contribution in [0, 0.1) is 6.92 Å². The summed E-state index contributed by atoms with van der Waals surface area (Å²) in [7, 11) is 3.36. The van der Waals surface area contributed by atoms with Gasteiger partial charge in [0.15, 0.2) is 0 Å². The highest BCUT2D eigenvalue weighted by Gasteiger charge is 2.32. The van der Waals surface area contributed by atoms with E-state index in [4.69, 9.17) is 16.3 Å². The fraction of sp³-hybridized carbons (Fsp3) is 0.200. The Balaban J connectivity index is 1.74. The van der Waals surface area contributed by atoms with E-state index in [-0.39, 0.29) is 12.1 Å². The first-order valence-electron chi connectivity index (χ1n) is 8.52. The van der Waals surface area contributed by atoms with Crippen molar-refractivity contribution in [1.82, 2.24) is 14.7 Å². The molecular weight excluding hydrogens is 364 g/mol. The summed E-state index contributed by atoms with van der Waals surface area (Å²) in [6.07, 6.45) is 1.58. The van der Waals surface area contributed by atoms with Gasteiger partial charge in [0, 0.05) is 24.5 Å². The molecule has 2 heterocycles. The second-order valence-corrected chi connectivity index (χ2v) is 6.85. The number of rotatable bonds is 3. The standard InChI is InChI=1S/C20H19ClN4O2/c1-12-15(11-25(23-12)18-7-5-4-6-16(18)21)19-22-17-9-8-13(27-3)10-14(17)20(26)24(19)2/h4-11,19,22H,1-3H3. The second kappa shape index (κ2) is 6.63. The van der Waals surface area contributed by atoms with E-state index in [1.807, 2.05) is 49.5 Å². The van der Waals surface area contributed by atoms with E-state index in [1.165, 1.54) is 0 Å². The molecule has 0 fully saturated rings. The molecule has 6 nitrogen and oxygen atoms in total. The fourth-order valence-electron chi connectivity index (χ4n) is 3.29. The van der Waals surface area contributed by atoms with Gasteiger partial charge in [-0.3, -0.25) is 4.79 Å². The van der Waals surface area contributed by atoms with Crippen molar-refractivity contribution in [3.63, 3.8) is 0 Å². The van der Waals surface area contributed by atoms with Gasteiger partial charge in [0.05, 0.1) is 29.1 Å². The van der Waals surface area contributed by atoms with Crippen molar-refractivity contribution in [2.24, 2.45) is 0 Å². The number of ether oxygens (including phenoxy) is 1. The SMILES string of the molecule is COc1ccc2c(c1)C(=O)N(C)C(c1cn(-c3ccccc3Cl)nc1C)N2. The van der Waals surface area contributed by atoms with Gasteiger partial charge in [-0.05, 0) is 37.3 Å². The van der Waals surface area contributed by atoms with Crippen LogP contribution >= 0.6 is 11.6 Å². The van der Waals surface area contributed by atoms with Crippen LogP contribution in [0.1, 0.15) is 27.8 Å². The fourth-order valence-corrected chi connectivity index (χ4v) is 3.52. The number of methoxy groups -OCH3 is 1. The first kappa shape index (κ1) is 17.4. The van der Waals surface area contributed by atoms with Crippen LogP contribution in [-0.2, 0) is 0 Å². The molecule has 4 rings (SSSR count). The van der Waals surface area contributed by atoms with E-state index in [0.717, 1.165) is 22.6 Å². The van der Waals surface area contributed by atoms with Gasteiger partial charge in [0.25, 0.3) is 5.91 Å². The Labute approximate surface area is 162 Å². The minimum absolute atomic E-state index is 0.0717. The molecule has 0 aliphatic carbocycles. The minimum atomic E-state index is -0.324. The van der Waals surface area contributed by atoms with Crippen LogP contribution in [0.5, 0.6) is 5.75 Å². The zero-order valence-corrected chi connectivity index (χ0v) is 16.0. The lowest BCUT2D eigenvalue weighted by Crippen LogP contribution is -2.40. The summed E-state index contributed by atoms with van der Waals surface area (Å²) in [6, 6.07) is 13.0.